The fourth-order valence-electron chi connectivity index (χ4n) is 1.75. The van der Waals surface area contributed by atoms with E-state index in [1.165, 1.54) is 0 Å². The number of alkyl halides is 1. The standard InChI is InChI=1S/C12H16ClNO4S/c1-9(7-13)8-19(15,16)14-10-2-3-11-12(6-10)18-5-4-17-11/h2-3,6,9,14H,4-5,7-8H2,1H3. The number of rotatable bonds is 5. The van der Waals surface area contributed by atoms with Crippen molar-refractivity contribution in [1.82, 2.24) is 0 Å². The van der Waals surface area contributed by atoms with E-state index >= 15 is 0 Å². The van der Waals surface area contributed by atoms with E-state index in [1.54, 1.807) is 25.1 Å². The molecule has 106 valence electrons. The van der Waals surface area contributed by atoms with Crippen LogP contribution in [0.1, 0.15) is 6.92 Å². The molecule has 1 aromatic rings. The first-order valence-corrected chi connectivity index (χ1v) is 8.15. The number of ether oxygens (including phenoxy) is 2. The largest absolute Gasteiger partial charge is 0.486 e. The van der Waals surface area contributed by atoms with Gasteiger partial charge in [0.1, 0.15) is 13.2 Å². The zero-order chi connectivity index (χ0) is 13.9. The van der Waals surface area contributed by atoms with E-state index in [9.17, 15) is 8.42 Å². The summed E-state index contributed by atoms with van der Waals surface area (Å²) in [6.45, 7) is 2.76. The highest BCUT2D eigenvalue weighted by atomic mass is 35.5. The van der Waals surface area contributed by atoms with Crippen molar-refractivity contribution < 1.29 is 17.9 Å². The second kappa shape index (κ2) is 5.88. The van der Waals surface area contributed by atoms with Gasteiger partial charge in [0.2, 0.25) is 10.0 Å². The molecule has 1 N–H and O–H groups in total. The summed E-state index contributed by atoms with van der Waals surface area (Å²) in [5, 5.41) is 0. The van der Waals surface area contributed by atoms with Gasteiger partial charge in [-0.15, -0.1) is 11.6 Å². The monoisotopic (exact) mass is 305 g/mol. The molecule has 1 aliphatic rings. The topological polar surface area (TPSA) is 64.6 Å². The highest BCUT2D eigenvalue weighted by Crippen LogP contribution is 2.32. The lowest BCUT2D eigenvalue weighted by Crippen LogP contribution is -2.22. The number of fused-ring (bicyclic) bond motifs is 1. The van der Waals surface area contributed by atoms with Gasteiger partial charge < -0.3 is 9.47 Å². The van der Waals surface area contributed by atoms with E-state index in [0.717, 1.165) is 0 Å². The van der Waals surface area contributed by atoms with Crippen LogP contribution in [0.2, 0.25) is 0 Å². The van der Waals surface area contributed by atoms with Gasteiger partial charge in [-0.3, -0.25) is 4.72 Å². The summed E-state index contributed by atoms with van der Waals surface area (Å²) in [6.07, 6.45) is 0. The van der Waals surface area contributed by atoms with Crippen LogP contribution in [0.4, 0.5) is 5.69 Å². The van der Waals surface area contributed by atoms with Gasteiger partial charge in [-0.1, -0.05) is 6.92 Å². The zero-order valence-electron chi connectivity index (χ0n) is 10.6. The summed E-state index contributed by atoms with van der Waals surface area (Å²) in [5.74, 6) is 1.38. The Morgan fingerprint density at radius 3 is 2.68 bits per heavy atom. The number of hydrogen-bond donors (Lipinski definition) is 1. The molecular weight excluding hydrogens is 290 g/mol. The van der Waals surface area contributed by atoms with Gasteiger partial charge >= 0.3 is 0 Å². The van der Waals surface area contributed by atoms with Crippen molar-refractivity contribution in [1.29, 1.82) is 0 Å². The number of sulfonamides is 1. The Hall–Kier alpha value is -1.14. The molecule has 0 spiro atoms. The van der Waals surface area contributed by atoms with Crippen molar-refractivity contribution >= 4 is 27.3 Å². The lowest BCUT2D eigenvalue weighted by atomic mass is 10.3. The van der Waals surface area contributed by atoms with E-state index in [4.69, 9.17) is 21.1 Å². The highest BCUT2D eigenvalue weighted by molar-refractivity contribution is 7.92. The second-order valence-corrected chi connectivity index (χ2v) is 6.58. The molecule has 2 rings (SSSR count). The molecule has 0 aliphatic carbocycles. The third-order valence-corrected chi connectivity index (χ3v) is 4.66. The molecule has 1 unspecified atom stereocenters. The predicted octanol–water partition coefficient (Wildman–Crippen LogP) is 2.07. The lowest BCUT2D eigenvalue weighted by molar-refractivity contribution is 0.171. The van der Waals surface area contributed by atoms with Gasteiger partial charge in [-0.05, 0) is 18.1 Å². The van der Waals surface area contributed by atoms with Crippen LogP contribution < -0.4 is 14.2 Å². The summed E-state index contributed by atoms with van der Waals surface area (Å²) in [4.78, 5) is 0. The van der Waals surface area contributed by atoms with Crippen molar-refractivity contribution in [3.8, 4) is 11.5 Å². The number of halogens is 1. The maximum Gasteiger partial charge on any atom is 0.233 e. The van der Waals surface area contributed by atoms with Crippen LogP contribution in [0.3, 0.4) is 0 Å². The van der Waals surface area contributed by atoms with Gasteiger partial charge in [0.25, 0.3) is 0 Å². The van der Waals surface area contributed by atoms with Gasteiger partial charge in [0, 0.05) is 11.9 Å². The minimum atomic E-state index is -3.40. The van der Waals surface area contributed by atoms with Crippen molar-refractivity contribution in [3.63, 3.8) is 0 Å². The summed E-state index contributed by atoms with van der Waals surface area (Å²) in [6, 6.07) is 4.96. The molecule has 5 nitrogen and oxygen atoms in total. The van der Waals surface area contributed by atoms with Crippen LogP contribution in [-0.2, 0) is 10.0 Å². The Labute approximate surface area is 117 Å². The second-order valence-electron chi connectivity index (χ2n) is 4.50. The highest BCUT2D eigenvalue weighted by Gasteiger charge is 2.17. The van der Waals surface area contributed by atoms with E-state index in [1.807, 2.05) is 0 Å². The first-order valence-electron chi connectivity index (χ1n) is 5.96. The summed E-state index contributed by atoms with van der Waals surface area (Å²) < 4.78 is 37.1. The van der Waals surface area contributed by atoms with E-state index < -0.39 is 10.0 Å². The number of anilines is 1. The fraction of sp³-hybridized carbons (Fsp3) is 0.500. The van der Waals surface area contributed by atoms with Crippen LogP contribution in [0, 0.1) is 5.92 Å². The molecule has 0 amide bonds. The van der Waals surface area contributed by atoms with E-state index in [2.05, 4.69) is 4.72 Å². The normalized spacial score (nSPS) is 15.9. The predicted molar refractivity (Wildman–Crippen MR) is 74.7 cm³/mol. The Morgan fingerprint density at radius 1 is 1.32 bits per heavy atom. The van der Waals surface area contributed by atoms with Crippen LogP contribution in [0.5, 0.6) is 11.5 Å². The van der Waals surface area contributed by atoms with Crippen molar-refractivity contribution in [2.24, 2.45) is 5.92 Å². The molecule has 0 saturated carbocycles. The third-order valence-electron chi connectivity index (χ3n) is 2.58. The van der Waals surface area contributed by atoms with E-state index in [-0.39, 0.29) is 11.7 Å². The first-order chi connectivity index (χ1) is 9.00. The van der Waals surface area contributed by atoms with Crippen molar-refractivity contribution in [2.75, 3.05) is 29.6 Å². The Kier molecular flexibility index (Phi) is 4.42. The quantitative estimate of drug-likeness (QED) is 0.846. The van der Waals surface area contributed by atoms with Crippen LogP contribution in [-0.4, -0.2) is 33.3 Å². The fourth-order valence-corrected chi connectivity index (χ4v) is 3.42. The molecule has 0 saturated heterocycles. The molecule has 1 aromatic carbocycles. The minimum Gasteiger partial charge on any atom is -0.486 e. The molecule has 7 heteroatoms. The molecule has 0 aromatic heterocycles. The molecule has 0 radical (unpaired) electrons. The summed E-state index contributed by atoms with van der Waals surface area (Å²) in [7, 11) is -3.40. The maximum atomic E-state index is 11.9. The van der Waals surface area contributed by atoms with Gasteiger partial charge in [0.15, 0.2) is 11.5 Å². The number of hydrogen-bond acceptors (Lipinski definition) is 4. The SMILES string of the molecule is CC(CCl)CS(=O)(=O)Nc1ccc2c(c1)OCCO2. The minimum absolute atomic E-state index is 0.00899. The summed E-state index contributed by atoms with van der Waals surface area (Å²) in [5.41, 5.74) is 0.464. The first kappa shape index (κ1) is 14.3. The Balaban J connectivity index is 2.11. The summed E-state index contributed by atoms with van der Waals surface area (Å²) >= 11 is 5.63. The average molecular weight is 306 g/mol. The van der Waals surface area contributed by atoms with Crippen LogP contribution >= 0.6 is 11.6 Å². The molecule has 1 atom stereocenters. The van der Waals surface area contributed by atoms with Crippen LogP contribution in [0.25, 0.3) is 0 Å². The third kappa shape index (κ3) is 3.91. The Bertz CT molecular complexity index is 547. The van der Waals surface area contributed by atoms with Gasteiger partial charge in [0.05, 0.1) is 11.4 Å². The number of benzene rings is 1. The van der Waals surface area contributed by atoms with Crippen molar-refractivity contribution in [2.45, 2.75) is 6.92 Å². The molecule has 1 aliphatic heterocycles. The smallest absolute Gasteiger partial charge is 0.233 e. The molecular formula is C12H16ClNO4S. The molecule has 0 fully saturated rings. The van der Waals surface area contributed by atoms with E-state index in [0.29, 0.717) is 36.3 Å². The molecule has 19 heavy (non-hydrogen) atoms. The maximum absolute atomic E-state index is 11.9. The lowest BCUT2D eigenvalue weighted by Gasteiger charge is -2.19. The van der Waals surface area contributed by atoms with Gasteiger partial charge in [-0.25, -0.2) is 8.42 Å². The Morgan fingerprint density at radius 2 is 2.00 bits per heavy atom. The van der Waals surface area contributed by atoms with Crippen molar-refractivity contribution in [3.05, 3.63) is 18.2 Å². The zero-order valence-corrected chi connectivity index (χ0v) is 12.1. The molecule has 1 heterocycles. The average Bonchev–Trinajstić information content (AvgIpc) is 2.37. The number of nitrogens with one attached hydrogen (secondary N) is 1. The molecule has 0 bridgehead atoms. The van der Waals surface area contributed by atoms with Crippen LogP contribution in [0.15, 0.2) is 18.2 Å². The van der Waals surface area contributed by atoms with Gasteiger partial charge in [-0.2, -0.15) is 0 Å².